The zero-order valence-electron chi connectivity index (χ0n) is 27.0. The molecule has 232 valence electrons. The molecule has 0 bridgehead atoms. The zero-order valence-corrected chi connectivity index (χ0v) is 27.0. The van der Waals surface area contributed by atoms with Gasteiger partial charge in [0.15, 0.2) is 0 Å². The molecule has 4 rings (SSSR count). The van der Waals surface area contributed by atoms with Gasteiger partial charge in [-0.1, -0.05) is 82.6 Å². The minimum absolute atomic E-state index is 0.0594. The number of unbranched alkanes of at least 4 members (excludes halogenated alkanes) is 8. The molecule has 0 aliphatic carbocycles. The number of aryl methyl sites for hydroxylation is 1. The van der Waals surface area contributed by atoms with Gasteiger partial charge in [0.25, 0.3) is 0 Å². The number of hydrogen-bond donors (Lipinski definition) is 0. The molecule has 2 atom stereocenters. The van der Waals surface area contributed by atoms with E-state index in [1.54, 1.807) is 14.2 Å². The van der Waals surface area contributed by atoms with E-state index in [-0.39, 0.29) is 18.1 Å². The Bertz CT molecular complexity index is 1410. The fraction of sp³-hybridized carbons (Fsp3) is 0.514. The second-order valence-corrected chi connectivity index (χ2v) is 12.0. The average molecular weight is 588 g/mol. The van der Waals surface area contributed by atoms with Crippen LogP contribution in [0.4, 0.5) is 0 Å². The molecule has 0 unspecified atom stereocenters. The Hall–Kier alpha value is -3.54. The van der Waals surface area contributed by atoms with Crippen LogP contribution in [0, 0.1) is 6.92 Å². The number of hydrogen-bond acceptors (Lipinski definition) is 5. The van der Waals surface area contributed by atoms with Crippen LogP contribution in [0.2, 0.25) is 0 Å². The number of benzene rings is 3. The molecule has 3 aromatic carbocycles. The lowest BCUT2D eigenvalue weighted by Gasteiger charge is -2.39. The molecule has 1 amide bonds. The van der Waals surface area contributed by atoms with E-state index in [4.69, 9.17) is 14.2 Å². The zero-order chi connectivity index (χ0) is 30.9. The smallest absolute Gasteiger partial charge is 0.311 e. The summed E-state index contributed by atoms with van der Waals surface area (Å²) < 4.78 is 17.8. The fourth-order valence-corrected chi connectivity index (χ4v) is 6.71. The third kappa shape index (κ3) is 7.17. The monoisotopic (exact) mass is 587 g/mol. The number of nitrogens with zero attached hydrogens (tertiary/aromatic N) is 1. The first-order chi connectivity index (χ1) is 20.9. The molecule has 1 aliphatic heterocycles. The molecule has 0 saturated carbocycles. The lowest BCUT2D eigenvalue weighted by Crippen LogP contribution is -2.40. The summed E-state index contributed by atoms with van der Waals surface area (Å²) in [6.07, 6.45) is 12.7. The van der Waals surface area contributed by atoms with Gasteiger partial charge in [0.05, 0.1) is 25.6 Å². The molecule has 3 aromatic rings. The summed E-state index contributed by atoms with van der Waals surface area (Å²) in [5.41, 5.74) is 4.82. The Kier molecular flexibility index (Phi) is 11.5. The topological polar surface area (TPSA) is 65.1 Å². The standard InChI is InChI=1S/C37H49NO5/c1-7-8-9-10-11-12-13-14-15-19-33(40)43-37-30(21-20-28-23-26(3)38(24-39)27(4)35(28)37)34-25(2)22-32(42-6)36-29(34)17-16-18-31(36)41-5/h16-18,20-22,24,26-27H,7-15,19,23H2,1-6H3/t26-,27-/m1/s1. The van der Waals surface area contributed by atoms with Crippen molar-refractivity contribution in [1.82, 2.24) is 4.90 Å². The predicted octanol–water partition coefficient (Wildman–Crippen LogP) is 9.12. The minimum Gasteiger partial charge on any atom is -0.496 e. The van der Waals surface area contributed by atoms with Crippen molar-refractivity contribution in [3.8, 4) is 28.4 Å². The minimum atomic E-state index is -0.230. The number of rotatable bonds is 15. The number of amides is 1. The van der Waals surface area contributed by atoms with Crippen LogP contribution in [0.5, 0.6) is 17.2 Å². The first-order valence-electron chi connectivity index (χ1n) is 16.1. The number of fused-ring (bicyclic) bond motifs is 2. The highest BCUT2D eigenvalue weighted by atomic mass is 16.5. The second kappa shape index (κ2) is 15.3. The van der Waals surface area contributed by atoms with Gasteiger partial charge in [0.2, 0.25) is 6.41 Å². The van der Waals surface area contributed by atoms with Gasteiger partial charge >= 0.3 is 5.97 Å². The van der Waals surface area contributed by atoms with Crippen LogP contribution < -0.4 is 14.2 Å². The maximum Gasteiger partial charge on any atom is 0.311 e. The van der Waals surface area contributed by atoms with Crippen LogP contribution >= 0.6 is 0 Å². The van der Waals surface area contributed by atoms with Crippen LogP contribution in [-0.2, 0) is 16.0 Å². The van der Waals surface area contributed by atoms with Crippen LogP contribution in [0.25, 0.3) is 21.9 Å². The molecular formula is C37H49NO5. The summed E-state index contributed by atoms with van der Waals surface area (Å²) in [5.74, 6) is 1.77. The van der Waals surface area contributed by atoms with Crippen molar-refractivity contribution in [2.45, 2.75) is 110 Å². The molecule has 6 heteroatoms. The Morgan fingerprint density at radius 3 is 2.26 bits per heavy atom. The number of carbonyl (C=O) groups excluding carboxylic acids is 2. The third-order valence-electron chi connectivity index (χ3n) is 8.99. The van der Waals surface area contributed by atoms with Gasteiger partial charge in [0.1, 0.15) is 17.2 Å². The molecule has 43 heavy (non-hydrogen) atoms. The molecule has 0 saturated heterocycles. The molecule has 0 N–H and O–H groups in total. The van der Waals surface area contributed by atoms with Crippen molar-refractivity contribution in [3.05, 3.63) is 53.1 Å². The van der Waals surface area contributed by atoms with Gasteiger partial charge in [-0.15, -0.1) is 0 Å². The lowest BCUT2D eigenvalue weighted by molar-refractivity contribution is -0.134. The summed E-state index contributed by atoms with van der Waals surface area (Å²) in [5, 5.41) is 1.82. The number of ether oxygens (including phenoxy) is 3. The van der Waals surface area contributed by atoms with E-state index in [2.05, 4.69) is 32.0 Å². The number of methoxy groups -OCH3 is 2. The highest BCUT2D eigenvalue weighted by Gasteiger charge is 2.33. The van der Waals surface area contributed by atoms with E-state index in [1.807, 2.05) is 36.9 Å². The van der Waals surface area contributed by atoms with Crippen LogP contribution in [0.15, 0.2) is 36.4 Å². The van der Waals surface area contributed by atoms with Crippen LogP contribution in [0.3, 0.4) is 0 Å². The van der Waals surface area contributed by atoms with E-state index in [0.29, 0.717) is 24.3 Å². The van der Waals surface area contributed by atoms with Gasteiger partial charge in [-0.2, -0.15) is 0 Å². The van der Waals surface area contributed by atoms with E-state index < -0.39 is 0 Å². The van der Waals surface area contributed by atoms with Crippen molar-refractivity contribution in [2.24, 2.45) is 0 Å². The Morgan fingerprint density at radius 1 is 0.930 bits per heavy atom. The van der Waals surface area contributed by atoms with E-state index >= 15 is 0 Å². The molecule has 0 fully saturated rings. The largest absolute Gasteiger partial charge is 0.496 e. The number of esters is 1. The lowest BCUT2D eigenvalue weighted by atomic mass is 9.84. The van der Waals surface area contributed by atoms with E-state index in [1.165, 1.54) is 38.5 Å². The Balaban J connectivity index is 1.70. The van der Waals surface area contributed by atoms with Gasteiger partial charge in [-0.3, -0.25) is 9.59 Å². The molecule has 0 aromatic heterocycles. The molecule has 0 radical (unpaired) electrons. The number of carbonyl (C=O) groups is 2. The average Bonchev–Trinajstić information content (AvgIpc) is 3.00. The second-order valence-electron chi connectivity index (χ2n) is 12.0. The highest BCUT2D eigenvalue weighted by Crippen LogP contribution is 2.48. The quantitative estimate of drug-likeness (QED) is 0.0768. The third-order valence-corrected chi connectivity index (χ3v) is 8.99. The Morgan fingerprint density at radius 2 is 1.60 bits per heavy atom. The summed E-state index contributed by atoms with van der Waals surface area (Å²) in [7, 11) is 3.32. The molecule has 6 nitrogen and oxygen atoms in total. The van der Waals surface area contributed by atoms with E-state index in [9.17, 15) is 9.59 Å². The fourth-order valence-electron chi connectivity index (χ4n) is 6.71. The summed E-state index contributed by atoms with van der Waals surface area (Å²) >= 11 is 0. The van der Waals surface area contributed by atoms with Crippen molar-refractivity contribution >= 4 is 23.2 Å². The van der Waals surface area contributed by atoms with Crippen LogP contribution in [0.1, 0.15) is 108 Å². The first kappa shape index (κ1) is 32.4. The molecular weight excluding hydrogens is 538 g/mol. The Labute approximate surface area is 257 Å². The maximum absolute atomic E-state index is 13.4. The van der Waals surface area contributed by atoms with Gasteiger partial charge in [0, 0.05) is 23.6 Å². The maximum atomic E-state index is 13.4. The van der Waals surface area contributed by atoms with Gasteiger partial charge < -0.3 is 19.1 Å². The van der Waals surface area contributed by atoms with Crippen molar-refractivity contribution in [3.63, 3.8) is 0 Å². The van der Waals surface area contributed by atoms with E-state index in [0.717, 1.165) is 70.0 Å². The summed E-state index contributed by atoms with van der Waals surface area (Å²) in [4.78, 5) is 27.4. The summed E-state index contributed by atoms with van der Waals surface area (Å²) in [6, 6.07) is 12.0. The molecule has 1 aliphatic rings. The normalized spacial score (nSPS) is 16.2. The predicted molar refractivity (Wildman–Crippen MR) is 174 cm³/mol. The van der Waals surface area contributed by atoms with Crippen molar-refractivity contribution < 1.29 is 23.8 Å². The molecule has 0 spiro atoms. The van der Waals surface area contributed by atoms with Crippen LogP contribution in [-0.4, -0.2) is 37.5 Å². The van der Waals surface area contributed by atoms with Gasteiger partial charge in [-0.05, 0) is 67.8 Å². The SMILES string of the molecule is CCCCCCCCCCCC(=O)Oc1c(-c2c(C)cc(OC)c3c(OC)cccc23)ccc2c1[C@@H](C)N(C=O)[C@H](C)C2. The van der Waals surface area contributed by atoms with Gasteiger partial charge in [-0.25, -0.2) is 0 Å². The summed E-state index contributed by atoms with van der Waals surface area (Å²) in [6.45, 7) is 8.37. The van der Waals surface area contributed by atoms with Crippen molar-refractivity contribution in [2.75, 3.05) is 14.2 Å². The van der Waals surface area contributed by atoms with Crippen molar-refractivity contribution in [1.29, 1.82) is 0 Å². The molecule has 1 heterocycles. The first-order valence-corrected chi connectivity index (χ1v) is 16.1. The highest BCUT2D eigenvalue weighted by molar-refractivity contribution is 6.06.